The Morgan fingerprint density at radius 2 is 2.00 bits per heavy atom. The van der Waals surface area contributed by atoms with Crippen LogP contribution in [0.1, 0.15) is 24.2 Å². The lowest BCUT2D eigenvalue weighted by Crippen LogP contribution is -2.28. The molecule has 0 aliphatic carbocycles. The predicted molar refractivity (Wildman–Crippen MR) is 71.2 cm³/mol. The first-order valence-electron chi connectivity index (χ1n) is 5.23. The second-order valence-corrected chi connectivity index (χ2v) is 8.17. The summed E-state index contributed by atoms with van der Waals surface area (Å²) in [5.74, 6) is -0.645. The number of hydrogen-bond donors (Lipinski definition) is 1. The number of thioether (sulfide) groups is 1. The number of amides is 1. The van der Waals surface area contributed by atoms with Crippen molar-refractivity contribution in [1.82, 2.24) is 0 Å². The normalized spacial score (nSPS) is 20.2. The molecule has 1 amide bonds. The van der Waals surface area contributed by atoms with Crippen molar-refractivity contribution in [3.8, 4) is 0 Å². The van der Waals surface area contributed by atoms with Gasteiger partial charge in [-0.1, -0.05) is 6.58 Å². The van der Waals surface area contributed by atoms with Gasteiger partial charge in [0.1, 0.15) is 0 Å². The van der Waals surface area contributed by atoms with E-state index < -0.39 is 20.5 Å². The maximum Gasteiger partial charge on any atom is 0.248 e. The number of nitrogens with two attached hydrogens (primary N) is 1. The lowest BCUT2D eigenvalue weighted by molar-refractivity contribution is 0.1000. The molecular weight excluding hydrogens is 270 g/mol. The minimum atomic E-state index is -3.61. The first-order valence-corrected chi connectivity index (χ1v) is 7.53. The topological polar surface area (TPSA) is 77.2 Å². The summed E-state index contributed by atoms with van der Waals surface area (Å²) in [6.45, 7) is 7.28. The molecule has 2 rings (SSSR count). The molecule has 0 bridgehead atoms. The van der Waals surface area contributed by atoms with Crippen molar-refractivity contribution in [3.05, 3.63) is 35.2 Å². The van der Waals surface area contributed by atoms with Crippen LogP contribution < -0.4 is 5.73 Å². The smallest absolute Gasteiger partial charge is 0.248 e. The molecule has 0 saturated carbocycles. The van der Waals surface area contributed by atoms with Gasteiger partial charge in [0, 0.05) is 10.5 Å². The Hall–Kier alpha value is -1.27. The van der Waals surface area contributed by atoms with Gasteiger partial charge >= 0.3 is 0 Å². The number of rotatable bonds is 1. The van der Waals surface area contributed by atoms with Crippen LogP contribution >= 0.6 is 11.8 Å². The Labute approximate surface area is 110 Å². The minimum absolute atomic E-state index is 0.119. The van der Waals surface area contributed by atoms with Crippen LogP contribution in [0.15, 0.2) is 39.5 Å². The van der Waals surface area contributed by atoms with Gasteiger partial charge in [-0.3, -0.25) is 4.79 Å². The van der Waals surface area contributed by atoms with Crippen LogP contribution in [0.4, 0.5) is 0 Å². The Morgan fingerprint density at radius 1 is 1.39 bits per heavy atom. The van der Waals surface area contributed by atoms with Gasteiger partial charge in [0.05, 0.1) is 14.5 Å². The summed E-state index contributed by atoms with van der Waals surface area (Å²) in [5.41, 5.74) is 5.35. The molecule has 0 saturated heterocycles. The average Bonchev–Trinajstić information content (AvgIpc) is 2.26. The van der Waals surface area contributed by atoms with Crippen LogP contribution in [0.5, 0.6) is 0 Å². The maximum absolute atomic E-state index is 12.3. The summed E-state index contributed by atoms with van der Waals surface area (Å²) in [7, 11) is -3.61. The second kappa shape index (κ2) is 3.86. The molecule has 0 atom stereocenters. The summed E-state index contributed by atoms with van der Waals surface area (Å²) >= 11 is 1.41. The Kier molecular flexibility index (Phi) is 2.82. The summed E-state index contributed by atoms with van der Waals surface area (Å²) in [6, 6.07) is 4.47. The van der Waals surface area contributed by atoms with Crippen LogP contribution in [0.3, 0.4) is 0 Å². The van der Waals surface area contributed by atoms with Crippen LogP contribution in [-0.4, -0.2) is 19.1 Å². The molecule has 18 heavy (non-hydrogen) atoms. The van der Waals surface area contributed by atoms with Gasteiger partial charge in [-0.2, -0.15) is 0 Å². The zero-order valence-electron chi connectivity index (χ0n) is 10.1. The molecule has 0 spiro atoms. The van der Waals surface area contributed by atoms with Gasteiger partial charge in [0.25, 0.3) is 0 Å². The van der Waals surface area contributed by atoms with E-state index in [9.17, 15) is 13.2 Å². The first kappa shape index (κ1) is 13.2. The third-order valence-electron chi connectivity index (χ3n) is 2.88. The third-order valence-corrected chi connectivity index (χ3v) is 6.55. The number of carbonyl (C=O) groups excluding carboxylic acids is 1. The van der Waals surface area contributed by atoms with E-state index in [-0.39, 0.29) is 15.4 Å². The number of sulfone groups is 1. The van der Waals surface area contributed by atoms with Crippen LogP contribution in [0, 0.1) is 0 Å². The highest BCUT2D eigenvalue weighted by atomic mass is 32.2. The highest BCUT2D eigenvalue weighted by Crippen LogP contribution is 2.49. The van der Waals surface area contributed by atoms with Crippen LogP contribution in [0.25, 0.3) is 0 Å². The number of benzene rings is 1. The Bertz CT molecular complexity index is 660. The SMILES string of the molecule is C=C1C(C)(C)Sc2ccc(C(N)=O)cc2S1(=O)=O. The molecule has 6 heteroatoms. The second-order valence-electron chi connectivity index (χ2n) is 4.56. The largest absolute Gasteiger partial charge is 0.366 e. The zero-order chi connectivity index (χ0) is 13.7. The van der Waals surface area contributed by atoms with Crippen molar-refractivity contribution in [2.24, 2.45) is 5.73 Å². The number of hydrogen-bond acceptors (Lipinski definition) is 4. The summed E-state index contributed by atoms with van der Waals surface area (Å²) < 4.78 is 24.1. The van der Waals surface area contributed by atoms with Crippen molar-refractivity contribution >= 4 is 27.5 Å². The molecule has 1 aromatic carbocycles. The van der Waals surface area contributed by atoms with E-state index >= 15 is 0 Å². The Balaban J connectivity index is 2.73. The van der Waals surface area contributed by atoms with Gasteiger partial charge in [-0.05, 0) is 32.0 Å². The molecule has 1 aliphatic heterocycles. The van der Waals surface area contributed by atoms with E-state index in [1.807, 2.05) is 13.8 Å². The Morgan fingerprint density at radius 3 is 2.56 bits per heavy atom. The molecule has 0 unspecified atom stereocenters. The van der Waals surface area contributed by atoms with Crippen molar-refractivity contribution in [1.29, 1.82) is 0 Å². The fraction of sp³-hybridized carbons (Fsp3) is 0.250. The first-order chi connectivity index (χ1) is 8.16. The van der Waals surface area contributed by atoms with E-state index in [2.05, 4.69) is 6.58 Å². The van der Waals surface area contributed by atoms with Crippen LogP contribution in [0.2, 0.25) is 0 Å². The third kappa shape index (κ3) is 1.85. The number of carbonyl (C=O) groups is 1. The van der Waals surface area contributed by atoms with Crippen molar-refractivity contribution in [2.75, 3.05) is 0 Å². The molecular formula is C12H13NO3S2. The molecule has 1 aliphatic rings. The van der Waals surface area contributed by atoms with E-state index in [0.717, 1.165) is 0 Å². The fourth-order valence-electron chi connectivity index (χ4n) is 1.74. The van der Waals surface area contributed by atoms with E-state index in [0.29, 0.717) is 4.90 Å². The summed E-state index contributed by atoms with van der Waals surface area (Å²) in [4.78, 5) is 12.0. The lowest BCUT2D eigenvalue weighted by Gasteiger charge is -2.32. The summed E-state index contributed by atoms with van der Waals surface area (Å²) in [6.07, 6.45) is 0. The standard InChI is InChI=1S/C12H13NO3S2/c1-7-12(2,3)17-9-5-4-8(11(13)14)6-10(9)18(7,15)16/h4-6H,1H2,2-3H3,(H2,13,14). The molecule has 0 fully saturated rings. The number of primary amides is 1. The monoisotopic (exact) mass is 283 g/mol. The van der Waals surface area contributed by atoms with E-state index in [4.69, 9.17) is 5.73 Å². The number of fused-ring (bicyclic) bond motifs is 1. The summed E-state index contributed by atoms with van der Waals surface area (Å²) in [5, 5.41) is 0. The molecule has 4 nitrogen and oxygen atoms in total. The lowest BCUT2D eigenvalue weighted by atomic mass is 10.2. The highest BCUT2D eigenvalue weighted by molar-refractivity contribution is 8.05. The van der Waals surface area contributed by atoms with Crippen LogP contribution in [-0.2, 0) is 9.84 Å². The molecule has 0 radical (unpaired) electrons. The highest BCUT2D eigenvalue weighted by Gasteiger charge is 2.40. The average molecular weight is 283 g/mol. The van der Waals surface area contributed by atoms with Crippen molar-refractivity contribution in [2.45, 2.75) is 28.4 Å². The predicted octanol–water partition coefficient (Wildman–Crippen LogP) is 1.96. The molecule has 0 aromatic heterocycles. The van der Waals surface area contributed by atoms with Gasteiger partial charge in [0.15, 0.2) is 0 Å². The van der Waals surface area contributed by atoms with Gasteiger partial charge < -0.3 is 5.73 Å². The van der Waals surface area contributed by atoms with E-state index in [1.165, 1.54) is 23.9 Å². The molecule has 2 N–H and O–H groups in total. The quantitative estimate of drug-likeness (QED) is 0.854. The molecule has 96 valence electrons. The maximum atomic E-state index is 12.3. The minimum Gasteiger partial charge on any atom is -0.366 e. The van der Waals surface area contributed by atoms with E-state index in [1.54, 1.807) is 6.07 Å². The van der Waals surface area contributed by atoms with Gasteiger partial charge in [-0.15, -0.1) is 11.8 Å². The van der Waals surface area contributed by atoms with Crippen molar-refractivity contribution < 1.29 is 13.2 Å². The fourth-order valence-corrected chi connectivity index (χ4v) is 5.14. The van der Waals surface area contributed by atoms with Gasteiger partial charge in [0.2, 0.25) is 15.7 Å². The molecule has 1 heterocycles. The molecule has 1 aromatic rings. The van der Waals surface area contributed by atoms with Gasteiger partial charge in [-0.25, -0.2) is 8.42 Å². The van der Waals surface area contributed by atoms with Crippen molar-refractivity contribution in [3.63, 3.8) is 0 Å². The zero-order valence-corrected chi connectivity index (χ0v) is 11.7.